The van der Waals surface area contributed by atoms with Crippen molar-refractivity contribution in [3.05, 3.63) is 47.7 Å². The molecule has 0 aromatic carbocycles. The van der Waals surface area contributed by atoms with Gasteiger partial charge in [-0.2, -0.15) is 8.78 Å². The minimum atomic E-state index is -3.21. The first kappa shape index (κ1) is 26.0. The van der Waals surface area contributed by atoms with Gasteiger partial charge in [-0.05, 0) is 68.0 Å². The van der Waals surface area contributed by atoms with Gasteiger partial charge < -0.3 is 15.8 Å². The summed E-state index contributed by atoms with van der Waals surface area (Å²) in [5.41, 5.74) is 4.79. The fraction of sp³-hybridized carbons (Fsp3) is 0.478. The van der Waals surface area contributed by atoms with Crippen molar-refractivity contribution in [2.45, 2.75) is 62.2 Å². The molecule has 0 spiro atoms. The van der Waals surface area contributed by atoms with Crippen molar-refractivity contribution in [3.63, 3.8) is 0 Å². The van der Waals surface area contributed by atoms with Crippen LogP contribution in [0.15, 0.2) is 35.5 Å². The number of amidine groups is 1. The Labute approximate surface area is 207 Å². The molecule has 2 aliphatic heterocycles. The fourth-order valence-corrected chi connectivity index (χ4v) is 8.51. The Morgan fingerprint density at radius 2 is 2.00 bits per heavy atom. The van der Waals surface area contributed by atoms with Crippen LogP contribution in [0.5, 0.6) is 5.75 Å². The number of aliphatic imine (C=N–C) groups is 1. The summed E-state index contributed by atoms with van der Waals surface area (Å²) in [5.74, 6) is -1.40. The number of hydrogen-bond donors (Lipinski definition) is 4. The molecule has 2 aliphatic rings. The number of anilines is 1. The number of nitrogens with one attached hydrogen (secondary N) is 2. The van der Waals surface area contributed by atoms with Crippen molar-refractivity contribution in [1.82, 2.24) is 14.7 Å². The van der Waals surface area contributed by atoms with Gasteiger partial charge in [0.05, 0.1) is 16.2 Å². The van der Waals surface area contributed by atoms with Crippen molar-refractivity contribution in [3.8, 4) is 5.75 Å². The van der Waals surface area contributed by atoms with Gasteiger partial charge in [-0.3, -0.25) is 18.7 Å². The van der Waals surface area contributed by atoms with E-state index < -0.39 is 44.0 Å². The molecule has 13 heteroatoms. The highest BCUT2D eigenvalue weighted by Crippen LogP contribution is 2.47. The number of alkyl halides is 2. The van der Waals surface area contributed by atoms with Crippen molar-refractivity contribution < 1.29 is 26.9 Å². The summed E-state index contributed by atoms with van der Waals surface area (Å²) in [6.45, 7) is 2.77. The lowest BCUT2D eigenvalue weighted by Gasteiger charge is -2.53. The Morgan fingerprint density at radius 3 is 2.67 bits per heavy atom. The smallest absolute Gasteiger partial charge is 0.387 e. The Hall–Kier alpha value is -3.06. The van der Waals surface area contributed by atoms with Crippen LogP contribution in [0.4, 0.5) is 19.0 Å². The molecule has 2 aromatic rings. The highest BCUT2D eigenvalue weighted by molar-refractivity contribution is 8.03. The first-order chi connectivity index (χ1) is 16.9. The zero-order chi connectivity index (χ0) is 26.3. The number of thiol groups is 1. The van der Waals surface area contributed by atoms with Gasteiger partial charge >= 0.3 is 6.61 Å². The maximum Gasteiger partial charge on any atom is 0.387 e. The van der Waals surface area contributed by atoms with E-state index in [1.807, 2.05) is 0 Å². The second-order valence-electron chi connectivity index (χ2n) is 9.52. The average Bonchev–Trinajstić information content (AvgIpc) is 3.02. The largest absolute Gasteiger partial charge is 0.433 e. The van der Waals surface area contributed by atoms with Crippen LogP contribution in [0, 0.1) is 5.82 Å². The summed E-state index contributed by atoms with van der Waals surface area (Å²) in [4.78, 5) is 25.5. The highest BCUT2D eigenvalue weighted by Gasteiger charge is 2.57. The van der Waals surface area contributed by atoms with Crippen LogP contribution in [0.25, 0.3) is 0 Å². The Morgan fingerprint density at radius 1 is 1.25 bits per heavy atom. The van der Waals surface area contributed by atoms with E-state index in [-0.39, 0.29) is 28.8 Å². The molecule has 196 valence electrons. The number of halogens is 3. The standard InChI is InChI=1S/C23H29F3N6O3S/c1-22(2)20(27)32-23(3,16-6-4-5-11-29-36(16,22)34)18-14(24)8-10-17(30-18)31-19(33)15-9-7-13(12-28-15)35-21(25)26/h7-10,12,16,21,36H,4-6,11H2,1-3H3,(H2,27,32)(H,29,34)(H,30,31,33)/t16-,23-/m0/s1. The normalized spacial score (nSPS) is 25.8. The molecule has 0 bridgehead atoms. The van der Waals surface area contributed by atoms with Crippen LogP contribution in [0.1, 0.15) is 56.2 Å². The molecule has 1 saturated heterocycles. The quantitative estimate of drug-likeness (QED) is 0.443. The third-order valence-corrected chi connectivity index (χ3v) is 11.1. The molecule has 0 aliphatic carbocycles. The lowest BCUT2D eigenvalue weighted by molar-refractivity contribution is -0.0500. The third kappa shape index (κ3) is 4.45. The molecule has 4 N–H and O–H groups in total. The summed E-state index contributed by atoms with van der Waals surface area (Å²) in [7, 11) is -3.21. The summed E-state index contributed by atoms with van der Waals surface area (Å²) < 4.78 is 60.8. The monoisotopic (exact) mass is 526 g/mol. The van der Waals surface area contributed by atoms with Crippen LogP contribution in [0.2, 0.25) is 0 Å². The minimum absolute atomic E-state index is 0.0161. The molecule has 4 rings (SSSR count). The third-order valence-electron chi connectivity index (χ3n) is 6.91. The number of pyridine rings is 2. The number of carbonyl (C=O) groups excluding carboxylic acids is 1. The zero-order valence-corrected chi connectivity index (χ0v) is 21.0. The lowest BCUT2D eigenvalue weighted by atomic mass is 9.88. The molecule has 2 aromatic heterocycles. The van der Waals surface area contributed by atoms with Gasteiger partial charge in [-0.15, -0.1) is 0 Å². The van der Waals surface area contributed by atoms with Crippen LogP contribution in [0.3, 0.4) is 0 Å². The predicted octanol–water partition coefficient (Wildman–Crippen LogP) is 2.91. The molecule has 0 saturated carbocycles. The summed E-state index contributed by atoms with van der Waals surface area (Å²) in [6, 6.07) is 4.81. The van der Waals surface area contributed by atoms with E-state index in [1.54, 1.807) is 20.8 Å². The highest BCUT2D eigenvalue weighted by atomic mass is 32.3. The van der Waals surface area contributed by atoms with Crippen molar-refractivity contribution >= 4 is 27.7 Å². The Balaban J connectivity index is 1.69. The minimum Gasteiger partial charge on any atom is -0.433 e. The number of carbonyl (C=O) groups is 1. The molecular weight excluding hydrogens is 497 g/mol. The van der Waals surface area contributed by atoms with E-state index in [0.717, 1.165) is 25.1 Å². The first-order valence-corrected chi connectivity index (χ1v) is 13.3. The van der Waals surface area contributed by atoms with E-state index in [9.17, 15) is 17.8 Å². The van der Waals surface area contributed by atoms with Crippen LogP contribution in [-0.4, -0.2) is 49.1 Å². The maximum atomic E-state index is 15.2. The molecule has 1 fully saturated rings. The van der Waals surface area contributed by atoms with Crippen molar-refractivity contribution in [2.24, 2.45) is 10.7 Å². The SMILES string of the molecule is CC1(C)C(N)=N[C@](C)(c2nc(NC(=O)c3ccc(OC(F)F)cn3)ccc2F)[C@@H]2CCCCN[SH]21=O. The average molecular weight is 527 g/mol. The van der Waals surface area contributed by atoms with Crippen LogP contribution < -0.4 is 20.5 Å². The number of nitrogens with zero attached hydrogens (tertiary/aromatic N) is 3. The van der Waals surface area contributed by atoms with Gasteiger partial charge in [0.25, 0.3) is 5.91 Å². The van der Waals surface area contributed by atoms with Gasteiger partial charge in [0, 0.05) is 6.54 Å². The van der Waals surface area contributed by atoms with E-state index in [4.69, 9.17) is 5.73 Å². The number of aromatic nitrogens is 2. The van der Waals surface area contributed by atoms with Gasteiger partial charge in [0.2, 0.25) is 0 Å². The van der Waals surface area contributed by atoms with Gasteiger partial charge in [0.15, 0.2) is 0 Å². The Bertz CT molecular complexity index is 1240. The van der Waals surface area contributed by atoms with Crippen molar-refractivity contribution in [2.75, 3.05) is 11.9 Å². The van der Waals surface area contributed by atoms with Crippen LogP contribution >= 0.6 is 0 Å². The molecule has 36 heavy (non-hydrogen) atoms. The molecule has 2 atom stereocenters. The first-order valence-electron chi connectivity index (χ1n) is 11.5. The number of hydrogen-bond acceptors (Lipinski definition) is 7. The number of fused-ring (bicyclic) bond motifs is 1. The van der Waals surface area contributed by atoms with Gasteiger partial charge in [-0.1, -0.05) is 6.42 Å². The summed E-state index contributed by atoms with van der Waals surface area (Å²) in [6.07, 6.45) is 3.11. The zero-order valence-electron chi connectivity index (χ0n) is 20.1. The number of nitrogens with two attached hydrogens (primary N) is 1. The van der Waals surface area contributed by atoms with E-state index in [2.05, 4.69) is 29.7 Å². The fourth-order valence-electron chi connectivity index (χ4n) is 4.80. The van der Waals surface area contributed by atoms with Gasteiger partial charge in [-0.25, -0.2) is 14.4 Å². The lowest BCUT2D eigenvalue weighted by Crippen LogP contribution is -2.67. The number of amides is 1. The van der Waals surface area contributed by atoms with E-state index in [1.165, 1.54) is 18.2 Å². The van der Waals surface area contributed by atoms with Crippen LogP contribution in [-0.2, 0) is 15.7 Å². The Kier molecular flexibility index (Phi) is 6.82. The second kappa shape index (κ2) is 9.43. The predicted molar refractivity (Wildman–Crippen MR) is 131 cm³/mol. The van der Waals surface area contributed by atoms with Gasteiger partial charge in [0.1, 0.15) is 40.1 Å². The molecule has 9 nitrogen and oxygen atoms in total. The van der Waals surface area contributed by atoms with Crippen molar-refractivity contribution in [1.29, 1.82) is 0 Å². The summed E-state index contributed by atoms with van der Waals surface area (Å²) in [5, 5.41) is 1.97. The topological polar surface area (TPSA) is 132 Å². The van der Waals surface area contributed by atoms with E-state index in [0.29, 0.717) is 13.0 Å². The second-order valence-corrected chi connectivity index (χ2v) is 12.9. The number of rotatable bonds is 5. The molecular formula is C23H29F3N6O3S. The molecule has 0 radical (unpaired) electrons. The maximum absolute atomic E-state index is 15.2. The molecule has 0 unspecified atom stereocenters. The summed E-state index contributed by atoms with van der Waals surface area (Å²) >= 11 is 0. The molecule has 4 heterocycles. The molecule has 1 amide bonds. The van der Waals surface area contributed by atoms with E-state index >= 15 is 4.39 Å². The number of ether oxygens (including phenoxy) is 1.